The number of hydrogen-bond acceptors (Lipinski definition) is 4. The lowest BCUT2D eigenvalue weighted by Crippen LogP contribution is -2.15. The number of sulfonamides is 1. The average Bonchev–Trinajstić information content (AvgIpc) is 2.66. The first-order valence-corrected chi connectivity index (χ1v) is 6.75. The van der Waals surface area contributed by atoms with Crippen molar-refractivity contribution in [3.05, 3.63) is 40.6 Å². The minimum absolute atomic E-state index is 0.106. The summed E-state index contributed by atoms with van der Waals surface area (Å²) in [5, 5.41) is 3.33. The number of benzene rings is 1. The highest BCUT2D eigenvalue weighted by Crippen LogP contribution is 2.27. The number of aromatic nitrogens is 1. The third kappa shape index (κ3) is 2.51. The topological polar surface area (TPSA) is 72.2 Å². The monoisotopic (exact) mass is 338 g/mol. The Morgan fingerprint density at radius 2 is 2.06 bits per heavy atom. The van der Waals surface area contributed by atoms with E-state index in [2.05, 4.69) is 25.6 Å². The molecule has 2 aromatic rings. The predicted octanol–water partition coefficient (Wildman–Crippen LogP) is 2.52. The van der Waals surface area contributed by atoms with E-state index in [1.807, 2.05) is 4.72 Å². The van der Waals surface area contributed by atoms with Crippen molar-refractivity contribution in [2.45, 2.75) is 4.90 Å². The summed E-state index contributed by atoms with van der Waals surface area (Å²) >= 11 is 2.79. The zero-order chi connectivity index (χ0) is 13.3. The van der Waals surface area contributed by atoms with E-state index in [9.17, 15) is 17.2 Å². The maximum absolute atomic E-state index is 13.5. The molecule has 2 rings (SSSR count). The van der Waals surface area contributed by atoms with Crippen molar-refractivity contribution in [2.75, 3.05) is 4.72 Å². The van der Waals surface area contributed by atoms with Gasteiger partial charge in [-0.3, -0.25) is 4.72 Å². The zero-order valence-electron chi connectivity index (χ0n) is 8.52. The molecule has 5 nitrogen and oxygen atoms in total. The fourth-order valence-corrected chi connectivity index (χ4v) is 3.40. The van der Waals surface area contributed by atoms with Crippen molar-refractivity contribution >= 4 is 31.8 Å². The first kappa shape index (κ1) is 13.0. The van der Waals surface area contributed by atoms with E-state index in [-0.39, 0.29) is 10.3 Å². The summed E-state index contributed by atoms with van der Waals surface area (Å²) in [6.07, 6.45) is 1.15. The first-order chi connectivity index (χ1) is 8.40. The van der Waals surface area contributed by atoms with E-state index in [0.29, 0.717) is 6.07 Å². The molecule has 0 aliphatic heterocycles. The molecule has 1 aromatic heterocycles. The number of rotatable bonds is 3. The Kier molecular flexibility index (Phi) is 3.35. The van der Waals surface area contributed by atoms with Gasteiger partial charge in [0.2, 0.25) is 0 Å². The molecule has 18 heavy (non-hydrogen) atoms. The summed E-state index contributed by atoms with van der Waals surface area (Å²) in [6.45, 7) is 0. The van der Waals surface area contributed by atoms with E-state index in [0.717, 1.165) is 12.3 Å². The molecule has 0 saturated heterocycles. The molecule has 1 N–H and O–H groups in total. The quantitative estimate of drug-likeness (QED) is 0.933. The molecular weight excluding hydrogens is 334 g/mol. The van der Waals surface area contributed by atoms with Gasteiger partial charge in [-0.15, -0.1) is 0 Å². The lowest BCUT2D eigenvalue weighted by molar-refractivity contribution is 0.423. The van der Waals surface area contributed by atoms with Gasteiger partial charge in [-0.1, -0.05) is 5.16 Å². The van der Waals surface area contributed by atoms with E-state index >= 15 is 0 Å². The van der Waals surface area contributed by atoms with Crippen LogP contribution in [-0.4, -0.2) is 13.6 Å². The van der Waals surface area contributed by atoms with Crippen LogP contribution in [0.2, 0.25) is 0 Å². The predicted molar refractivity (Wildman–Crippen MR) is 61.4 cm³/mol. The molecule has 0 aliphatic carbocycles. The van der Waals surface area contributed by atoms with Crippen LogP contribution in [0.15, 0.2) is 38.4 Å². The number of nitrogens with zero attached hydrogens (tertiary/aromatic N) is 1. The molecular formula is C9H5BrF2N2O3S. The minimum Gasteiger partial charge on any atom is -0.363 e. The summed E-state index contributed by atoms with van der Waals surface area (Å²) < 4.78 is 56.3. The van der Waals surface area contributed by atoms with Crippen molar-refractivity contribution in [3.63, 3.8) is 0 Å². The molecule has 1 aromatic carbocycles. The van der Waals surface area contributed by atoms with Crippen molar-refractivity contribution < 1.29 is 21.7 Å². The fourth-order valence-electron chi connectivity index (χ4n) is 1.24. The minimum atomic E-state index is -4.22. The zero-order valence-corrected chi connectivity index (χ0v) is 10.9. The summed E-state index contributed by atoms with van der Waals surface area (Å²) in [5.41, 5.74) is 0. The summed E-state index contributed by atoms with van der Waals surface area (Å²) in [5.74, 6) is -2.21. The molecule has 9 heteroatoms. The van der Waals surface area contributed by atoms with Gasteiger partial charge in [0.15, 0.2) is 5.82 Å². The summed E-state index contributed by atoms with van der Waals surface area (Å²) in [6, 6.07) is 2.56. The Labute approximate surface area is 109 Å². The van der Waals surface area contributed by atoms with E-state index in [1.54, 1.807) is 0 Å². The Hall–Kier alpha value is -1.48. The molecule has 0 spiro atoms. The smallest absolute Gasteiger partial charge is 0.267 e. The molecule has 0 aliphatic rings. The molecule has 0 bridgehead atoms. The van der Waals surface area contributed by atoms with E-state index in [1.165, 1.54) is 6.07 Å². The second kappa shape index (κ2) is 4.65. The number of anilines is 1. The second-order valence-corrected chi connectivity index (χ2v) is 5.66. The SMILES string of the molecule is O=S(=O)(Nc1ccon1)c1c(F)cc(F)cc1Br. The highest BCUT2D eigenvalue weighted by Gasteiger charge is 2.24. The standard InChI is InChI=1S/C9H5BrF2N2O3S/c10-6-3-5(11)4-7(12)9(6)18(15,16)14-8-1-2-17-13-8/h1-4H,(H,13,14). The second-order valence-electron chi connectivity index (χ2n) is 3.19. The molecule has 0 amide bonds. The maximum atomic E-state index is 13.5. The van der Waals surface area contributed by atoms with Gasteiger partial charge < -0.3 is 4.52 Å². The molecule has 0 saturated carbocycles. The Balaban J connectivity index is 2.48. The maximum Gasteiger partial charge on any atom is 0.267 e. The largest absolute Gasteiger partial charge is 0.363 e. The average molecular weight is 339 g/mol. The first-order valence-electron chi connectivity index (χ1n) is 4.48. The van der Waals surface area contributed by atoms with Crippen LogP contribution < -0.4 is 4.72 Å². The van der Waals surface area contributed by atoms with Crippen molar-refractivity contribution in [1.29, 1.82) is 0 Å². The summed E-state index contributed by atoms with van der Waals surface area (Å²) in [7, 11) is -4.22. The molecule has 0 unspecified atom stereocenters. The van der Waals surface area contributed by atoms with Gasteiger partial charge >= 0.3 is 0 Å². The van der Waals surface area contributed by atoms with Gasteiger partial charge in [-0.2, -0.15) is 0 Å². The molecule has 0 fully saturated rings. The van der Waals surface area contributed by atoms with Gasteiger partial charge in [0, 0.05) is 16.6 Å². The summed E-state index contributed by atoms with van der Waals surface area (Å²) in [4.78, 5) is -0.702. The fraction of sp³-hybridized carbons (Fsp3) is 0. The molecule has 96 valence electrons. The van der Waals surface area contributed by atoms with Crippen LogP contribution >= 0.6 is 15.9 Å². The van der Waals surface area contributed by atoms with Crippen LogP contribution in [0.5, 0.6) is 0 Å². The Morgan fingerprint density at radius 3 is 2.61 bits per heavy atom. The number of halogens is 3. The van der Waals surface area contributed by atoms with Gasteiger partial charge in [0.1, 0.15) is 22.8 Å². The highest BCUT2D eigenvalue weighted by molar-refractivity contribution is 9.10. The third-order valence-electron chi connectivity index (χ3n) is 1.91. The highest BCUT2D eigenvalue weighted by atomic mass is 79.9. The van der Waals surface area contributed by atoms with Crippen LogP contribution in [0.4, 0.5) is 14.6 Å². The van der Waals surface area contributed by atoms with Gasteiger partial charge in [0.25, 0.3) is 10.0 Å². The van der Waals surface area contributed by atoms with Crippen molar-refractivity contribution in [2.24, 2.45) is 0 Å². The van der Waals surface area contributed by atoms with Crippen molar-refractivity contribution in [3.8, 4) is 0 Å². The molecule has 0 atom stereocenters. The third-order valence-corrected chi connectivity index (χ3v) is 4.23. The van der Waals surface area contributed by atoms with Crippen LogP contribution in [0.1, 0.15) is 0 Å². The van der Waals surface area contributed by atoms with Crippen LogP contribution in [-0.2, 0) is 10.0 Å². The van der Waals surface area contributed by atoms with Gasteiger partial charge in [0.05, 0.1) is 0 Å². The van der Waals surface area contributed by atoms with Crippen molar-refractivity contribution in [1.82, 2.24) is 5.16 Å². The van der Waals surface area contributed by atoms with Crippen LogP contribution in [0.3, 0.4) is 0 Å². The normalized spacial score (nSPS) is 11.5. The lowest BCUT2D eigenvalue weighted by atomic mass is 10.3. The van der Waals surface area contributed by atoms with E-state index < -0.39 is 26.6 Å². The molecule has 0 radical (unpaired) electrons. The molecule has 1 heterocycles. The van der Waals surface area contributed by atoms with Crippen LogP contribution in [0, 0.1) is 11.6 Å². The number of hydrogen-bond donors (Lipinski definition) is 1. The van der Waals surface area contributed by atoms with Crippen LogP contribution in [0.25, 0.3) is 0 Å². The Bertz CT molecular complexity index is 650. The number of nitrogens with one attached hydrogen (secondary N) is 1. The van der Waals surface area contributed by atoms with Gasteiger partial charge in [-0.25, -0.2) is 17.2 Å². The Morgan fingerprint density at radius 1 is 1.33 bits per heavy atom. The lowest BCUT2D eigenvalue weighted by Gasteiger charge is -2.08. The van der Waals surface area contributed by atoms with E-state index in [4.69, 9.17) is 0 Å². The van der Waals surface area contributed by atoms with Gasteiger partial charge in [-0.05, 0) is 22.0 Å².